The molecule has 3 aliphatic rings. The maximum absolute atomic E-state index is 10.0. The zero-order valence-electron chi connectivity index (χ0n) is 15.8. The highest BCUT2D eigenvalue weighted by Gasteiger charge is 2.42. The van der Waals surface area contributed by atoms with E-state index in [-0.39, 0.29) is 0 Å². The molecule has 1 aromatic rings. The average molecular weight is 455 g/mol. The number of aromatic hydroxyl groups is 1. The number of aliphatic carboxylic acids is 2. The fraction of sp³-hybridized carbons (Fsp3) is 0.600. The van der Waals surface area contributed by atoms with Crippen molar-refractivity contribution in [2.75, 3.05) is 26.2 Å². The number of piperazine rings is 1. The minimum Gasteiger partial charge on any atom is -0.508 e. The van der Waals surface area contributed by atoms with Crippen molar-refractivity contribution < 1.29 is 24.9 Å². The number of nitrogens with zero attached hydrogens (tertiary/aromatic N) is 2. The molecule has 28 heavy (non-hydrogen) atoms. The number of phenolic OH excluding ortho intramolecular Hbond substituents is 1. The summed E-state index contributed by atoms with van der Waals surface area (Å²) in [6, 6.07) is 6.59. The first-order valence-corrected chi connectivity index (χ1v) is 10.5. The number of fused-ring (bicyclic) bond motifs is 2. The van der Waals surface area contributed by atoms with Crippen LogP contribution in [-0.4, -0.2) is 69.3 Å². The number of hydrogen-bond donors (Lipinski definition) is 3. The third kappa shape index (κ3) is 5.24. The van der Waals surface area contributed by atoms with Crippen molar-refractivity contribution in [1.29, 1.82) is 0 Å². The second-order valence-electron chi connectivity index (χ2n) is 7.94. The molecule has 0 spiro atoms. The SMILES string of the molecule is O=C(O)C(=O)O.Oc1ccc(Br)cc1CN1CCN(C2CC3CCC2C3)CC1. The Labute approximate surface area is 173 Å². The molecule has 4 rings (SSSR count). The van der Waals surface area contributed by atoms with Crippen molar-refractivity contribution in [1.82, 2.24) is 9.80 Å². The predicted octanol–water partition coefficient (Wildman–Crippen LogP) is 2.62. The summed E-state index contributed by atoms with van der Waals surface area (Å²) >= 11 is 3.50. The molecule has 3 N–H and O–H groups in total. The van der Waals surface area contributed by atoms with Crippen LogP contribution in [0, 0.1) is 11.8 Å². The number of benzene rings is 1. The molecule has 7 nitrogen and oxygen atoms in total. The molecule has 1 saturated heterocycles. The lowest BCUT2D eigenvalue weighted by atomic mass is 9.93. The Morgan fingerprint density at radius 3 is 2.25 bits per heavy atom. The van der Waals surface area contributed by atoms with Gasteiger partial charge < -0.3 is 15.3 Å². The molecule has 2 bridgehead atoms. The Morgan fingerprint density at radius 1 is 1.04 bits per heavy atom. The van der Waals surface area contributed by atoms with Crippen molar-refractivity contribution in [2.45, 2.75) is 38.3 Å². The van der Waals surface area contributed by atoms with E-state index in [0.29, 0.717) is 5.75 Å². The molecular formula is C20H27BrN2O5. The van der Waals surface area contributed by atoms with Gasteiger partial charge in [-0.1, -0.05) is 22.4 Å². The quantitative estimate of drug-likeness (QED) is 0.603. The standard InChI is InChI=1S/C18H25BrN2O.C2H2O4/c19-16-3-4-18(22)15(11-16)12-20-5-7-21(8-6-20)17-10-13-1-2-14(17)9-13;3-1(4)2(5)6/h3-4,11,13-14,17,22H,1-2,5-10,12H2;(H,3,4)(H,5,6). The third-order valence-corrected chi connectivity index (χ3v) is 6.69. The normalized spacial score (nSPS) is 27.2. The molecule has 1 heterocycles. The van der Waals surface area contributed by atoms with Gasteiger partial charge in [0.15, 0.2) is 0 Å². The monoisotopic (exact) mass is 454 g/mol. The second kappa shape index (κ2) is 9.24. The lowest BCUT2D eigenvalue weighted by molar-refractivity contribution is -0.159. The Kier molecular flexibility index (Phi) is 6.95. The number of carboxylic acids is 2. The molecule has 154 valence electrons. The van der Waals surface area contributed by atoms with Crippen LogP contribution in [0.4, 0.5) is 0 Å². The van der Waals surface area contributed by atoms with Gasteiger partial charge in [0.1, 0.15) is 5.75 Å². The van der Waals surface area contributed by atoms with Crippen LogP contribution in [0.2, 0.25) is 0 Å². The van der Waals surface area contributed by atoms with E-state index >= 15 is 0 Å². The van der Waals surface area contributed by atoms with E-state index in [0.717, 1.165) is 47.5 Å². The van der Waals surface area contributed by atoms with Crippen molar-refractivity contribution in [3.63, 3.8) is 0 Å². The van der Waals surface area contributed by atoms with Gasteiger partial charge >= 0.3 is 11.9 Å². The van der Waals surface area contributed by atoms with E-state index in [4.69, 9.17) is 19.8 Å². The second-order valence-corrected chi connectivity index (χ2v) is 8.85. The first kappa shape index (κ1) is 21.1. The van der Waals surface area contributed by atoms with Gasteiger partial charge in [0, 0.05) is 48.8 Å². The van der Waals surface area contributed by atoms with E-state index in [1.807, 2.05) is 12.1 Å². The van der Waals surface area contributed by atoms with Gasteiger partial charge in [0.2, 0.25) is 0 Å². The van der Waals surface area contributed by atoms with Crippen LogP contribution in [0.3, 0.4) is 0 Å². The Hall–Kier alpha value is -1.64. The highest BCUT2D eigenvalue weighted by molar-refractivity contribution is 9.10. The van der Waals surface area contributed by atoms with Gasteiger partial charge in [-0.25, -0.2) is 9.59 Å². The molecule has 0 radical (unpaired) electrons. The molecule has 3 unspecified atom stereocenters. The van der Waals surface area contributed by atoms with E-state index in [1.54, 1.807) is 6.07 Å². The van der Waals surface area contributed by atoms with Crippen molar-refractivity contribution in [2.24, 2.45) is 11.8 Å². The molecule has 3 fully saturated rings. The molecule has 0 amide bonds. The van der Waals surface area contributed by atoms with Crippen LogP contribution >= 0.6 is 15.9 Å². The molecule has 1 aromatic carbocycles. The molecular weight excluding hydrogens is 428 g/mol. The molecule has 8 heteroatoms. The summed E-state index contributed by atoms with van der Waals surface area (Å²) in [4.78, 5) is 23.4. The zero-order valence-corrected chi connectivity index (χ0v) is 17.3. The molecule has 3 atom stereocenters. The number of phenols is 1. The van der Waals surface area contributed by atoms with Crippen LogP contribution < -0.4 is 0 Å². The van der Waals surface area contributed by atoms with Crippen molar-refractivity contribution >= 4 is 27.9 Å². The average Bonchev–Trinajstić information content (AvgIpc) is 3.29. The van der Waals surface area contributed by atoms with Crippen molar-refractivity contribution in [3.05, 3.63) is 28.2 Å². The van der Waals surface area contributed by atoms with Crippen molar-refractivity contribution in [3.8, 4) is 5.75 Å². The largest absolute Gasteiger partial charge is 0.508 e. The summed E-state index contributed by atoms with van der Waals surface area (Å²) < 4.78 is 1.04. The summed E-state index contributed by atoms with van der Waals surface area (Å²) in [5.41, 5.74) is 1.03. The van der Waals surface area contributed by atoms with Gasteiger partial charge in [-0.2, -0.15) is 0 Å². The highest BCUT2D eigenvalue weighted by atomic mass is 79.9. The van der Waals surface area contributed by atoms with Crippen LogP contribution in [0.25, 0.3) is 0 Å². The van der Waals surface area contributed by atoms with Crippen LogP contribution in [0.15, 0.2) is 22.7 Å². The minimum absolute atomic E-state index is 0.415. The van der Waals surface area contributed by atoms with Gasteiger partial charge in [-0.05, 0) is 49.3 Å². The summed E-state index contributed by atoms with van der Waals surface area (Å²) in [6.45, 7) is 5.50. The number of carboxylic acid groups (broad SMARTS) is 2. The molecule has 2 saturated carbocycles. The number of rotatable bonds is 3. The van der Waals surface area contributed by atoms with Crippen LogP contribution in [0.1, 0.15) is 31.2 Å². The zero-order chi connectivity index (χ0) is 20.3. The predicted molar refractivity (Wildman–Crippen MR) is 107 cm³/mol. The summed E-state index contributed by atoms with van der Waals surface area (Å²) in [5, 5.41) is 24.8. The van der Waals surface area contributed by atoms with Gasteiger partial charge in [0.25, 0.3) is 0 Å². The lowest BCUT2D eigenvalue weighted by Gasteiger charge is -2.41. The molecule has 0 aromatic heterocycles. The van der Waals surface area contributed by atoms with E-state index in [9.17, 15) is 5.11 Å². The Bertz CT molecular complexity index is 709. The van der Waals surface area contributed by atoms with E-state index in [2.05, 4.69) is 25.7 Å². The first-order chi connectivity index (χ1) is 13.3. The smallest absolute Gasteiger partial charge is 0.414 e. The summed E-state index contributed by atoms with van der Waals surface area (Å²) in [5.74, 6) is -1.21. The first-order valence-electron chi connectivity index (χ1n) is 9.73. The number of carbonyl (C=O) groups is 2. The van der Waals surface area contributed by atoms with Gasteiger partial charge in [0.05, 0.1) is 0 Å². The highest BCUT2D eigenvalue weighted by Crippen LogP contribution is 2.46. The van der Waals surface area contributed by atoms with Gasteiger partial charge in [-0.3, -0.25) is 9.80 Å². The minimum atomic E-state index is -1.82. The Balaban J connectivity index is 0.000000330. The van der Waals surface area contributed by atoms with Crippen LogP contribution in [-0.2, 0) is 16.1 Å². The fourth-order valence-electron chi connectivity index (χ4n) is 4.83. The fourth-order valence-corrected chi connectivity index (χ4v) is 5.24. The number of hydrogen-bond acceptors (Lipinski definition) is 5. The maximum Gasteiger partial charge on any atom is 0.414 e. The summed E-state index contributed by atoms with van der Waals surface area (Å²) in [7, 11) is 0. The van der Waals surface area contributed by atoms with Gasteiger partial charge in [-0.15, -0.1) is 0 Å². The van der Waals surface area contributed by atoms with E-state index < -0.39 is 11.9 Å². The van der Waals surface area contributed by atoms with Crippen LogP contribution in [0.5, 0.6) is 5.75 Å². The topological polar surface area (TPSA) is 101 Å². The third-order valence-electron chi connectivity index (χ3n) is 6.20. The lowest BCUT2D eigenvalue weighted by Crippen LogP contribution is -2.51. The molecule has 2 aliphatic carbocycles. The maximum atomic E-state index is 10.0. The summed E-state index contributed by atoms with van der Waals surface area (Å²) in [6.07, 6.45) is 5.92. The van der Waals surface area contributed by atoms with E-state index in [1.165, 1.54) is 38.8 Å². The Morgan fingerprint density at radius 2 is 1.71 bits per heavy atom. The number of halogens is 1. The molecule has 1 aliphatic heterocycles.